The molecular formula is C31H33N5O6. The lowest BCUT2D eigenvalue weighted by Gasteiger charge is -2.26. The second-order valence-corrected chi connectivity index (χ2v) is 9.92. The molecule has 0 spiro atoms. The van der Waals surface area contributed by atoms with E-state index in [0.29, 0.717) is 48.9 Å². The van der Waals surface area contributed by atoms with E-state index >= 15 is 0 Å². The van der Waals surface area contributed by atoms with Crippen LogP contribution in [0.15, 0.2) is 71.7 Å². The summed E-state index contributed by atoms with van der Waals surface area (Å²) >= 11 is 0. The van der Waals surface area contributed by atoms with Gasteiger partial charge in [0.2, 0.25) is 0 Å². The molecule has 0 radical (unpaired) electrons. The van der Waals surface area contributed by atoms with Gasteiger partial charge in [-0.1, -0.05) is 18.2 Å². The Kier molecular flexibility index (Phi) is 8.68. The van der Waals surface area contributed by atoms with Crippen molar-refractivity contribution in [3.8, 4) is 17.2 Å². The molecule has 0 aromatic heterocycles. The lowest BCUT2D eigenvalue weighted by molar-refractivity contribution is -0.120. The third-order valence-corrected chi connectivity index (χ3v) is 7.16. The molecule has 11 heteroatoms. The molecule has 2 saturated heterocycles. The van der Waals surface area contributed by atoms with Crippen LogP contribution >= 0.6 is 0 Å². The fourth-order valence-electron chi connectivity index (χ4n) is 4.99. The number of carbonyl (C=O) groups is 3. The maximum Gasteiger partial charge on any atom is 0.322 e. The van der Waals surface area contributed by atoms with Crippen LogP contribution in [-0.4, -0.2) is 81.0 Å². The SMILES string of the molecule is CN=C1c2cc(OC)ccc2CN1C.O=C1NC(=O)C(c2ccc(Oc3ccc(C(=O)N4CCOCC4)cc3)cc2)N1. The van der Waals surface area contributed by atoms with Crippen molar-refractivity contribution in [1.82, 2.24) is 20.4 Å². The minimum absolute atomic E-state index is 0.0175. The summed E-state index contributed by atoms with van der Waals surface area (Å²) in [7, 11) is 5.55. The average Bonchev–Trinajstić information content (AvgIpc) is 3.53. The van der Waals surface area contributed by atoms with Crippen LogP contribution in [0.3, 0.4) is 0 Å². The number of amides is 4. The number of morpholine rings is 1. The Morgan fingerprint density at radius 2 is 1.60 bits per heavy atom. The first kappa shape index (κ1) is 28.6. The highest BCUT2D eigenvalue weighted by Gasteiger charge is 2.30. The van der Waals surface area contributed by atoms with Crippen LogP contribution in [0.4, 0.5) is 4.79 Å². The maximum absolute atomic E-state index is 12.4. The van der Waals surface area contributed by atoms with E-state index in [1.807, 2.05) is 19.2 Å². The van der Waals surface area contributed by atoms with Crippen molar-refractivity contribution >= 4 is 23.7 Å². The first-order valence-corrected chi connectivity index (χ1v) is 13.6. The molecule has 6 rings (SSSR count). The molecular weight excluding hydrogens is 538 g/mol. The number of ether oxygens (including phenoxy) is 3. The van der Waals surface area contributed by atoms with Crippen LogP contribution in [0.2, 0.25) is 0 Å². The summed E-state index contributed by atoms with van der Waals surface area (Å²) in [4.78, 5) is 43.6. The second kappa shape index (κ2) is 12.7. The molecule has 3 aliphatic rings. The average molecular weight is 572 g/mol. The molecule has 3 aromatic carbocycles. The fourth-order valence-corrected chi connectivity index (χ4v) is 4.99. The number of benzene rings is 3. The normalized spacial score (nSPS) is 18.5. The summed E-state index contributed by atoms with van der Waals surface area (Å²) in [5.74, 6) is 2.72. The topological polar surface area (TPSA) is 122 Å². The molecule has 218 valence electrons. The number of hydrogen-bond donors (Lipinski definition) is 2. The standard InChI is InChI=1S/C20H19N3O5.C11H14N2O/c24-18-17(21-20(26)22-18)13-1-5-15(6-2-13)28-16-7-3-14(4-8-16)19(25)23-9-11-27-12-10-23;1-12-11-10-6-9(14-3)5-4-8(10)7-13(11)2/h1-8,17H,9-12H2,(H2,21,22,24,26);4-6H,7H2,1-3H3. The van der Waals surface area contributed by atoms with Gasteiger partial charge in [-0.15, -0.1) is 0 Å². The number of carbonyl (C=O) groups excluding carboxylic acids is 3. The first-order valence-electron chi connectivity index (χ1n) is 13.6. The van der Waals surface area contributed by atoms with Crippen LogP contribution in [-0.2, 0) is 16.1 Å². The fraction of sp³-hybridized carbons (Fsp3) is 0.290. The van der Waals surface area contributed by atoms with Crippen LogP contribution in [0.5, 0.6) is 17.2 Å². The summed E-state index contributed by atoms with van der Waals surface area (Å²) < 4.78 is 16.3. The summed E-state index contributed by atoms with van der Waals surface area (Å²) in [5.41, 5.74) is 3.78. The highest BCUT2D eigenvalue weighted by Crippen LogP contribution is 2.27. The van der Waals surface area contributed by atoms with Crippen molar-refractivity contribution in [2.75, 3.05) is 47.5 Å². The zero-order valence-corrected chi connectivity index (χ0v) is 23.8. The van der Waals surface area contributed by atoms with E-state index in [9.17, 15) is 14.4 Å². The summed E-state index contributed by atoms with van der Waals surface area (Å²) in [6.07, 6.45) is 0. The number of fused-ring (bicyclic) bond motifs is 1. The van der Waals surface area contributed by atoms with E-state index in [1.54, 1.807) is 60.5 Å². The number of amidine groups is 1. The number of imide groups is 1. The van der Waals surface area contributed by atoms with Gasteiger partial charge in [-0.05, 0) is 59.7 Å². The van der Waals surface area contributed by atoms with E-state index in [4.69, 9.17) is 14.2 Å². The van der Waals surface area contributed by atoms with Gasteiger partial charge in [0.25, 0.3) is 11.8 Å². The predicted molar refractivity (Wildman–Crippen MR) is 156 cm³/mol. The number of hydrogen-bond acceptors (Lipinski definition) is 7. The highest BCUT2D eigenvalue weighted by molar-refractivity contribution is 6.04. The van der Waals surface area contributed by atoms with Gasteiger partial charge in [0.05, 0.1) is 20.3 Å². The summed E-state index contributed by atoms with van der Waals surface area (Å²) in [6.45, 7) is 3.27. The van der Waals surface area contributed by atoms with E-state index < -0.39 is 12.1 Å². The Morgan fingerprint density at radius 1 is 0.952 bits per heavy atom. The van der Waals surface area contributed by atoms with Gasteiger partial charge < -0.3 is 29.3 Å². The molecule has 0 saturated carbocycles. The Morgan fingerprint density at radius 3 is 2.19 bits per heavy atom. The van der Waals surface area contributed by atoms with Crippen molar-refractivity contribution < 1.29 is 28.6 Å². The van der Waals surface area contributed by atoms with Crippen molar-refractivity contribution in [1.29, 1.82) is 0 Å². The lowest BCUT2D eigenvalue weighted by atomic mass is 10.1. The van der Waals surface area contributed by atoms with Crippen molar-refractivity contribution in [3.05, 3.63) is 89.0 Å². The molecule has 3 heterocycles. The lowest BCUT2D eigenvalue weighted by Crippen LogP contribution is -2.40. The third-order valence-electron chi connectivity index (χ3n) is 7.16. The van der Waals surface area contributed by atoms with Crippen molar-refractivity contribution in [2.24, 2.45) is 4.99 Å². The van der Waals surface area contributed by atoms with Gasteiger partial charge in [0.15, 0.2) is 0 Å². The number of nitrogens with zero attached hydrogens (tertiary/aromatic N) is 3. The van der Waals surface area contributed by atoms with Crippen molar-refractivity contribution in [2.45, 2.75) is 12.6 Å². The Hall–Kier alpha value is -4.90. The Labute approximate surface area is 244 Å². The van der Waals surface area contributed by atoms with E-state index in [-0.39, 0.29) is 11.8 Å². The number of nitrogens with one attached hydrogen (secondary N) is 2. The largest absolute Gasteiger partial charge is 0.497 e. The number of aliphatic imine (C=N–C) groups is 1. The third kappa shape index (κ3) is 6.36. The summed E-state index contributed by atoms with van der Waals surface area (Å²) in [5, 5.41) is 4.75. The molecule has 42 heavy (non-hydrogen) atoms. The highest BCUT2D eigenvalue weighted by atomic mass is 16.5. The second-order valence-electron chi connectivity index (χ2n) is 9.92. The van der Waals surface area contributed by atoms with Crippen LogP contribution in [0.1, 0.15) is 33.1 Å². The number of urea groups is 1. The van der Waals surface area contributed by atoms with Gasteiger partial charge in [-0.2, -0.15) is 0 Å². The predicted octanol–water partition coefficient (Wildman–Crippen LogP) is 3.35. The molecule has 4 amide bonds. The molecule has 11 nitrogen and oxygen atoms in total. The molecule has 3 aliphatic heterocycles. The minimum atomic E-state index is -0.688. The molecule has 3 aromatic rings. The van der Waals surface area contributed by atoms with Crippen LogP contribution < -0.4 is 20.1 Å². The quantitative estimate of drug-likeness (QED) is 0.451. The minimum Gasteiger partial charge on any atom is -0.497 e. The molecule has 0 aliphatic carbocycles. The van der Waals surface area contributed by atoms with E-state index in [0.717, 1.165) is 18.1 Å². The zero-order valence-electron chi connectivity index (χ0n) is 23.8. The molecule has 1 unspecified atom stereocenters. The van der Waals surface area contributed by atoms with Gasteiger partial charge in [-0.3, -0.25) is 19.9 Å². The van der Waals surface area contributed by atoms with Gasteiger partial charge in [-0.25, -0.2) is 4.79 Å². The molecule has 2 N–H and O–H groups in total. The van der Waals surface area contributed by atoms with E-state index in [1.165, 1.54) is 11.1 Å². The monoisotopic (exact) mass is 571 g/mol. The van der Waals surface area contributed by atoms with Crippen LogP contribution in [0, 0.1) is 0 Å². The zero-order chi connectivity index (χ0) is 29.6. The molecule has 0 bridgehead atoms. The number of rotatable bonds is 5. The first-order chi connectivity index (χ1) is 20.4. The maximum atomic E-state index is 12.4. The van der Waals surface area contributed by atoms with Gasteiger partial charge >= 0.3 is 6.03 Å². The molecule has 2 fully saturated rings. The number of methoxy groups -OCH3 is 1. The van der Waals surface area contributed by atoms with Gasteiger partial charge in [0.1, 0.15) is 29.1 Å². The smallest absolute Gasteiger partial charge is 0.322 e. The Bertz CT molecular complexity index is 1480. The Balaban J connectivity index is 0.000000211. The summed E-state index contributed by atoms with van der Waals surface area (Å²) in [6, 6.07) is 18.8. The van der Waals surface area contributed by atoms with E-state index in [2.05, 4.69) is 33.6 Å². The van der Waals surface area contributed by atoms with Crippen molar-refractivity contribution in [3.63, 3.8) is 0 Å². The van der Waals surface area contributed by atoms with Gasteiger partial charge in [0, 0.05) is 44.9 Å². The van der Waals surface area contributed by atoms with Crippen LogP contribution in [0.25, 0.3) is 0 Å². The molecule has 1 atom stereocenters.